The van der Waals surface area contributed by atoms with Gasteiger partial charge in [0.2, 0.25) is 5.91 Å². The standard InChI is InChI=1S/C21H26N2O3/c1-3-5-6-14-26-19-12-10-16(11-13-19)21(25)23-18-9-7-8-17(15-18)22-20(24)4-2/h7-13,15H,3-6,14H2,1-2H3,(H,22,24)(H,23,25). The summed E-state index contributed by atoms with van der Waals surface area (Å²) in [7, 11) is 0. The summed E-state index contributed by atoms with van der Waals surface area (Å²) in [6.07, 6.45) is 3.75. The molecule has 138 valence electrons. The van der Waals surface area contributed by atoms with Crippen molar-refractivity contribution in [2.75, 3.05) is 17.2 Å². The van der Waals surface area contributed by atoms with Gasteiger partial charge in [-0.15, -0.1) is 0 Å². The van der Waals surface area contributed by atoms with Gasteiger partial charge in [0, 0.05) is 23.4 Å². The third kappa shape index (κ3) is 6.24. The number of benzene rings is 2. The highest BCUT2D eigenvalue weighted by molar-refractivity contribution is 6.04. The van der Waals surface area contributed by atoms with E-state index in [1.807, 2.05) is 0 Å². The number of carbonyl (C=O) groups excluding carboxylic acids is 2. The van der Waals surface area contributed by atoms with Gasteiger partial charge in [-0.1, -0.05) is 32.8 Å². The molecule has 0 saturated carbocycles. The molecule has 26 heavy (non-hydrogen) atoms. The number of amides is 2. The minimum absolute atomic E-state index is 0.0667. The Hall–Kier alpha value is -2.82. The number of ether oxygens (including phenoxy) is 1. The number of carbonyl (C=O) groups is 2. The van der Waals surface area contributed by atoms with Gasteiger partial charge in [0.25, 0.3) is 5.91 Å². The molecule has 2 aromatic rings. The predicted molar refractivity (Wildman–Crippen MR) is 105 cm³/mol. The molecule has 5 nitrogen and oxygen atoms in total. The van der Waals surface area contributed by atoms with Crippen LogP contribution in [0.3, 0.4) is 0 Å². The van der Waals surface area contributed by atoms with E-state index in [0.29, 0.717) is 30.0 Å². The lowest BCUT2D eigenvalue weighted by Gasteiger charge is -2.09. The molecule has 0 aliphatic carbocycles. The van der Waals surface area contributed by atoms with E-state index in [-0.39, 0.29) is 11.8 Å². The van der Waals surface area contributed by atoms with Gasteiger partial charge in [-0.3, -0.25) is 9.59 Å². The van der Waals surface area contributed by atoms with Crippen molar-refractivity contribution in [3.05, 3.63) is 54.1 Å². The van der Waals surface area contributed by atoms with E-state index >= 15 is 0 Å². The highest BCUT2D eigenvalue weighted by Gasteiger charge is 2.07. The molecule has 0 aliphatic rings. The first-order valence-corrected chi connectivity index (χ1v) is 9.06. The van der Waals surface area contributed by atoms with Crippen LogP contribution in [0, 0.1) is 0 Å². The van der Waals surface area contributed by atoms with Gasteiger partial charge in [0.15, 0.2) is 0 Å². The first-order valence-electron chi connectivity index (χ1n) is 9.06. The van der Waals surface area contributed by atoms with Crippen LogP contribution in [0.4, 0.5) is 11.4 Å². The van der Waals surface area contributed by atoms with E-state index in [9.17, 15) is 9.59 Å². The molecule has 0 heterocycles. The molecule has 0 aromatic heterocycles. The third-order valence-corrected chi connectivity index (χ3v) is 3.86. The Morgan fingerprint density at radius 1 is 0.923 bits per heavy atom. The summed E-state index contributed by atoms with van der Waals surface area (Å²) >= 11 is 0. The van der Waals surface area contributed by atoms with Gasteiger partial charge in [0.05, 0.1) is 6.61 Å². The number of hydrogen-bond donors (Lipinski definition) is 2. The summed E-state index contributed by atoms with van der Waals surface area (Å²) in [4.78, 5) is 23.8. The molecule has 0 unspecified atom stereocenters. The Bertz CT molecular complexity index is 726. The largest absolute Gasteiger partial charge is 0.494 e. The fourth-order valence-electron chi connectivity index (χ4n) is 2.37. The van der Waals surface area contributed by atoms with Crippen LogP contribution in [-0.2, 0) is 4.79 Å². The Morgan fingerprint density at radius 3 is 2.27 bits per heavy atom. The number of nitrogens with one attached hydrogen (secondary N) is 2. The van der Waals surface area contributed by atoms with E-state index in [0.717, 1.165) is 25.0 Å². The van der Waals surface area contributed by atoms with Crippen LogP contribution < -0.4 is 15.4 Å². The van der Waals surface area contributed by atoms with Crippen molar-refractivity contribution in [1.29, 1.82) is 0 Å². The Labute approximate surface area is 154 Å². The SMILES string of the molecule is CCCCCOc1ccc(C(=O)Nc2cccc(NC(=O)CC)c2)cc1. The molecule has 0 spiro atoms. The predicted octanol–water partition coefficient (Wildman–Crippen LogP) is 4.86. The summed E-state index contributed by atoms with van der Waals surface area (Å²) in [6.45, 7) is 4.63. The van der Waals surface area contributed by atoms with Crippen molar-refractivity contribution in [3.63, 3.8) is 0 Å². The maximum Gasteiger partial charge on any atom is 0.255 e. The van der Waals surface area contributed by atoms with Gasteiger partial charge in [-0.25, -0.2) is 0 Å². The van der Waals surface area contributed by atoms with Crippen molar-refractivity contribution in [2.24, 2.45) is 0 Å². The van der Waals surface area contributed by atoms with Gasteiger partial charge < -0.3 is 15.4 Å². The third-order valence-electron chi connectivity index (χ3n) is 3.86. The van der Waals surface area contributed by atoms with E-state index in [1.165, 1.54) is 0 Å². The van der Waals surface area contributed by atoms with Crippen LogP contribution in [-0.4, -0.2) is 18.4 Å². The number of unbranched alkanes of at least 4 members (excludes halogenated alkanes) is 2. The molecular weight excluding hydrogens is 328 g/mol. The zero-order valence-corrected chi connectivity index (χ0v) is 15.4. The highest BCUT2D eigenvalue weighted by atomic mass is 16.5. The van der Waals surface area contributed by atoms with E-state index < -0.39 is 0 Å². The second-order valence-corrected chi connectivity index (χ2v) is 6.02. The number of rotatable bonds is 9. The molecule has 5 heteroatoms. The van der Waals surface area contributed by atoms with Crippen molar-refractivity contribution >= 4 is 23.2 Å². The summed E-state index contributed by atoms with van der Waals surface area (Å²) in [5.74, 6) is 0.492. The van der Waals surface area contributed by atoms with Crippen LogP contribution >= 0.6 is 0 Å². The first-order chi connectivity index (χ1) is 12.6. The molecule has 0 saturated heterocycles. The molecule has 2 amide bonds. The molecule has 0 bridgehead atoms. The first kappa shape index (κ1) is 19.5. The van der Waals surface area contributed by atoms with Crippen LogP contribution in [0.1, 0.15) is 49.9 Å². The number of hydrogen-bond acceptors (Lipinski definition) is 3. The highest BCUT2D eigenvalue weighted by Crippen LogP contribution is 2.18. The summed E-state index contributed by atoms with van der Waals surface area (Å²) in [5, 5.41) is 5.61. The van der Waals surface area contributed by atoms with Gasteiger partial charge >= 0.3 is 0 Å². The van der Waals surface area contributed by atoms with Gasteiger partial charge in [0.1, 0.15) is 5.75 Å². The van der Waals surface area contributed by atoms with Crippen molar-refractivity contribution in [2.45, 2.75) is 39.5 Å². The van der Waals surface area contributed by atoms with E-state index in [4.69, 9.17) is 4.74 Å². The molecule has 2 aromatic carbocycles. The lowest BCUT2D eigenvalue weighted by Crippen LogP contribution is -2.13. The lowest BCUT2D eigenvalue weighted by molar-refractivity contribution is -0.115. The quantitative estimate of drug-likeness (QED) is 0.632. The van der Waals surface area contributed by atoms with Crippen molar-refractivity contribution in [3.8, 4) is 5.75 Å². The molecule has 2 N–H and O–H groups in total. The average Bonchev–Trinajstić information content (AvgIpc) is 2.66. The topological polar surface area (TPSA) is 67.4 Å². The van der Waals surface area contributed by atoms with E-state index in [1.54, 1.807) is 55.5 Å². The van der Waals surface area contributed by atoms with Crippen molar-refractivity contribution < 1.29 is 14.3 Å². The second kappa shape index (κ2) is 10.2. The maximum absolute atomic E-state index is 12.4. The minimum Gasteiger partial charge on any atom is -0.494 e. The molecule has 2 rings (SSSR count). The maximum atomic E-state index is 12.4. The smallest absolute Gasteiger partial charge is 0.255 e. The zero-order chi connectivity index (χ0) is 18.8. The molecular formula is C21H26N2O3. The second-order valence-electron chi connectivity index (χ2n) is 6.02. The van der Waals surface area contributed by atoms with Crippen LogP contribution in [0.15, 0.2) is 48.5 Å². The zero-order valence-electron chi connectivity index (χ0n) is 15.4. The Balaban J connectivity index is 1.93. The minimum atomic E-state index is -0.207. The Kier molecular flexibility index (Phi) is 7.68. The van der Waals surface area contributed by atoms with Gasteiger partial charge in [-0.2, -0.15) is 0 Å². The van der Waals surface area contributed by atoms with Crippen LogP contribution in [0.2, 0.25) is 0 Å². The normalized spacial score (nSPS) is 10.2. The molecule has 0 fully saturated rings. The summed E-state index contributed by atoms with van der Waals surface area (Å²) < 4.78 is 5.65. The summed E-state index contributed by atoms with van der Waals surface area (Å²) in [6, 6.07) is 14.2. The summed E-state index contributed by atoms with van der Waals surface area (Å²) in [5.41, 5.74) is 1.84. The van der Waals surface area contributed by atoms with E-state index in [2.05, 4.69) is 17.6 Å². The van der Waals surface area contributed by atoms with Crippen LogP contribution in [0.5, 0.6) is 5.75 Å². The monoisotopic (exact) mass is 354 g/mol. The number of anilines is 2. The fourth-order valence-corrected chi connectivity index (χ4v) is 2.37. The molecule has 0 atom stereocenters. The Morgan fingerprint density at radius 2 is 1.62 bits per heavy atom. The van der Waals surface area contributed by atoms with Crippen molar-refractivity contribution in [1.82, 2.24) is 0 Å². The average molecular weight is 354 g/mol. The lowest BCUT2D eigenvalue weighted by atomic mass is 10.2. The molecule has 0 aliphatic heterocycles. The fraction of sp³-hybridized carbons (Fsp3) is 0.333. The van der Waals surface area contributed by atoms with Crippen LogP contribution in [0.25, 0.3) is 0 Å². The van der Waals surface area contributed by atoms with Gasteiger partial charge in [-0.05, 0) is 48.9 Å². The molecule has 0 radical (unpaired) electrons.